The number of hydrogen-bond acceptors (Lipinski definition) is 6. The lowest BCUT2D eigenvalue weighted by Gasteiger charge is -2.18. The number of aromatic nitrogens is 4. The third-order valence-electron chi connectivity index (χ3n) is 4.55. The van der Waals surface area contributed by atoms with E-state index < -0.39 is 0 Å². The molecule has 7 nitrogen and oxygen atoms in total. The quantitative estimate of drug-likeness (QED) is 0.743. The van der Waals surface area contributed by atoms with Crippen LogP contribution in [0.3, 0.4) is 0 Å². The van der Waals surface area contributed by atoms with Crippen molar-refractivity contribution in [3.8, 4) is 11.5 Å². The van der Waals surface area contributed by atoms with Gasteiger partial charge in [0.15, 0.2) is 5.82 Å². The number of rotatable bonds is 6. The molecule has 25 heavy (non-hydrogen) atoms. The van der Waals surface area contributed by atoms with Gasteiger partial charge in [0.1, 0.15) is 17.3 Å². The van der Waals surface area contributed by atoms with Crippen molar-refractivity contribution in [2.75, 3.05) is 19.5 Å². The molecule has 1 aliphatic carbocycles. The highest BCUT2D eigenvalue weighted by atomic mass is 16.5. The molecule has 1 fully saturated rings. The number of hydrogen-bond donors (Lipinski definition) is 1. The van der Waals surface area contributed by atoms with E-state index in [1.165, 1.54) is 12.8 Å². The van der Waals surface area contributed by atoms with Gasteiger partial charge in [-0.15, -0.1) is 10.2 Å². The predicted octanol–water partition coefficient (Wildman–Crippen LogP) is 3.19. The summed E-state index contributed by atoms with van der Waals surface area (Å²) in [5.41, 5.74) is 1.74. The number of nitrogens with zero attached hydrogens (tertiary/aromatic N) is 4. The Bertz CT molecular complexity index is 904. The van der Waals surface area contributed by atoms with Crippen LogP contribution >= 0.6 is 0 Å². The Kier molecular flexibility index (Phi) is 3.91. The monoisotopic (exact) mass is 339 g/mol. The summed E-state index contributed by atoms with van der Waals surface area (Å²) in [6.45, 7) is 2.06. The molecule has 0 bridgehead atoms. The van der Waals surface area contributed by atoms with Gasteiger partial charge in [-0.2, -0.15) is 0 Å². The number of ether oxygens (including phenoxy) is 2. The molecule has 1 atom stereocenters. The number of methoxy groups -OCH3 is 2. The largest absolute Gasteiger partial charge is 0.497 e. The maximum absolute atomic E-state index is 5.49. The summed E-state index contributed by atoms with van der Waals surface area (Å²) in [6, 6.07) is 5.72. The van der Waals surface area contributed by atoms with E-state index in [1.807, 2.05) is 28.8 Å². The Balaban J connectivity index is 1.67. The van der Waals surface area contributed by atoms with Crippen LogP contribution in [0.4, 0.5) is 5.82 Å². The summed E-state index contributed by atoms with van der Waals surface area (Å²) in [6.07, 6.45) is 6.07. The molecule has 0 spiro atoms. The maximum atomic E-state index is 5.49. The van der Waals surface area contributed by atoms with Crippen molar-refractivity contribution in [2.24, 2.45) is 0 Å². The minimum Gasteiger partial charge on any atom is -0.497 e. The molecular weight excluding hydrogens is 318 g/mol. The lowest BCUT2D eigenvalue weighted by atomic mass is 10.1. The van der Waals surface area contributed by atoms with E-state index in [1.54, 1.807) is 20.4 Å². The summed E-state index contributed by atoms with van der Waals surface area (Å²) in [7, 11) is 3.32. The minimum atomic E-state index is -0.0372. The highest BCUT2D eigenvalue weighted by molar-refractivity contribution is 5.63. The molecule has 1 unspecified atom stereocenters. The molecule has 3 aromatic rings. The Hall–Kier alpha value is -2.83. The van der Waals surface area contributed by atoms with Gasteiger partial charge in [0.05, 0.1) is 20.3 Å². The second-order valence-electron chi connectivity index (χ2n) is 6.28. The molecule has 0 amide bonds. The fourth-order valence-corrected chi connectivity index (χ4v) is 3.03. The third-order valence-corrected chi connectivity index (χ3v) is 4.55. The SMILES string of the molecule is COc1ccc(OC)c(C(C)Nc2nccn3c(C4CC4)nnc23)c1. The van der Waals surface area contributed by atoms with Gasteiger partial charge in [0.2, 0.25) is 5.65 Å². The first-order valence-corrected chi connectivity index (χ1v) is 8.39. The van der Waals surface area contributed by atoms with Crippen LogP contribution in [0.1, 0.15) is 43.1 Å². The van der Waals surface area contributed by atoms with E-state index in [9.17, 15) is 0 Å². The topological polar surface area (TPSA) is 73.6 Å². The van der Waals surface area contributed by atoms with Gasteiger partial charge >= 0.3 is 0 Å². The zero-order valence-corrected chi connectivity index (χ0v) is 14.6. The molecule has 1 aromatic carbocycles. The second kappa shape index (κ2) is 6.23. The molecular formula is C18H21N5O2. The van der Waals surface area contributed by atoms with Crippen LogP contribution in [0.5, 0.6) is 11.5 Å². The van der Waals surface area contributed by atoms with Crippen molar-refractivity contribution >= 4 is 11.5 Å². The first-order valence-electron chi connectivity index (χ1n) is 8.39. The van der Waals surface area contributed by atoms with E-state index in [0.717, 1.165) is 28.5 Å². The smallest absolute Gasteiger partial charge is 0.203 e. The van der Waals surface area contributed by atoms with Crippen molar-refractivity contribution in [1.29, 1.82) is 0 Å². The zero-order valence-electron chi connectivity index (χ0n) is 14.6. The summed E-state index contributed by atoms with van der Waals surface area (Å²) in [5.74, 6) is 3.84. The summed E-state index contributed by atoms with van der Waals surface area (Å²) in [5, 5.41) is 12.1. The highest BCUT2D eigenvalue weighted by Gasteiger charge is 2.29. The van der Waals surface area contributed by atoms with E-state index >= 15 is 0 Å². The molecule has 1 aliphatic rings. The first-order chi connectivity index (χ1) is 12.2. The van der Waals surface area contributed by atoms with E-state index in [4.69, 9.17) is 9.47 Å². The van der Waals surface area contributed by atoms with Crippen LogP contribution < -0.4 is 14.8 Å². The van der Waals surface area contributed by atoms with Crippen molar-refractivity contribution in [1.82, 2.24) is 19.6 Å². The lowest BCUT2D eigenvalue weighted by molar-refractivity contribution is 0.397. The third kappa shape index (κ3) is 2.86. The zero-order chi connectivity index (χ0) is 17.4. The molecule has 7 heteroatoms. The van der Waals surface area contributed by atoms with Crippen LogP contribution in [0.25, 0.3) is 5.65 Å². The Morgan fingerprint density at radius 1 is 1.20 bits per heavy atom. The Morgan fingerprint density at radius 2 is 2.04 bits per heavy atom. The standard InChI is InChI=1S/C18H21N5O2/c1-11(14-10-13(24-2)6-7-15(14)25-3)20-16-18-22-21-17(12-4-5-12)23(18)9-8-19-16/h6-12H,4-5H2,1-3H3,(H,19,20). The number of anilines is 1. The summed E-state index contributed by atoms with van der Waals surface area (Å²) in [4.78, 5) is 4.46. The molecule has 130 valence electrons. The predicted molar refractivity (Wildman–Crippen MR) is 94.3 cm³/mol. The maximum Gasteiger partial charge on any atom is 0.203 e. The van der Waals surface area contributed by atoms with E-state index in [0.29, 0.717) is 11.7 Å². The molecule has 0 saturated heterocycles. The average Bonchev–Trinajstić information content (AvgIpc) is 3.40. The van der Waals surface area contributed by atoms with Crippen LogP contribution in [-0.2, 0) is 0 Å². The number of fused-ring (bicyclic) bond motifs is 1. The fraction of sp³-hybridized carbons (Fsp3) is 0.389. The molecule has 1 N–H and O–H groups in total. The normalized spacial score (nSPS) is 15.2. The van der Waals surface area contributed by atoms with Gasteiger partial charge in [0, 0.05) is 23.9 Å². The summed E-state index contributed by atoms with van der Waals surface area (Å²) < 4.78 is 12.9. The van der Waals surface area contributed by atoms with Gasteiger partial charge in [0.25, 0.3) is 0 Å². The van der Waals surface area contributed by atoms with Gasteiger partial charge in [-0.3, -0.25) is 4.40 Å². The number of nitrogens with one attached hydrogen (secondary N) is 1. The van der Waals surface area contributed by atoms with Crippen molar-refractivity contribution in [2.45, 2.75) is 31.7 Å². The average molecular weight is 339 g/mol. The number of benzene rings is 1. The Labute approximate surface area is 146 Å². The van der Waals surface area contributed by atoms with Crippen molar-refractivity contribution < 1.29 is 9.47 Å². The molecule has 2 heterocycles. The second-order valence-corrected chi connectivity index (χ2v) is 6.28. The molecule has 0 aliphatic heterocycles. The van der Waals surface area contributed by atoms with E-state index in [2.05, 4.69) is 27.4 Å². The van der Waals surface area contributed by atoms with Crippen LogP contribution in [0, 0.1) is 0 Å². The lowest BCUT2D eigenvalue weighted by Crippen LogP contribution is -2.11. The van der Waals surface area contributed by atoms with Gasteiger partial charge < -0.3 is 14.8 Å². The molecule has 0 radical (unpaired) electrons. The van der Waals surface area contributed by atoms with Crippen molar-refractivity contribution in [3.63, 3.8) is 0 Å². The highest BCUT2D eigenvalue weighted by Crippen LogP contribution is 2.39. The first kappa shape index (κ1) is 15.7. The van der Waals surface area contributed by atoms with Crippen LogP contribution in [0.2, 0.25) is 0 Å². The fourth-order valence-electron chi connectivity index (χ4n) is 3.03. The van der Waals surface area contributed by atoms with Crippen LogP contribution in [0.15, 0.2) is 30.6 Å². The van der Waals surface area contributed by atoms with E-state index in [-0.39, 0.29) is 6.04 Å². The van der Waals surface area contributed by atoms with Gasteiger partial charge in [-0.25, -0.2) is 4.98 Å². The van der Waals surface area contributed by atoms with Crippen molar-refractivity contribution in [3.05, 3.63) is 42.0 Å². The molecule has 2 aromatic heterocycles. The summed E-state index contributed by atoms with van der Waals surface area (Å²) >= 11 is 0. The van der Waals surface area contributed by atoms with Gasteiger partial charge in [-0.05, 0) is 38.0 Å². The molecule has 1 saturated carbocycles. The van der Waals surface area contributed by atoms with Gasteiger partial charge in [-0.1, -0.05) is 0 Å². The molecule has 4 rings (SSSR count). The minimum absolute atomic E-state index is 0.0372. The van der Waals surface area contributed by atoms with Crippen LogP contribution in [-0.4, -0.2) is 33.8 Å². The Morgan fingerprint density at radius 3 is 2.76 bits per heavy atom.